The summed E-state index contributed by atoms with van der Waals surface area (Å²) in [4.78, 5) is 3.32. The number of thiophene rings is 1. The van der Waals surface area contributed by atoms with Crippen LogP contribution in [0.4, 0.5) is 0 Å². The third kappa shape index (κ3) is 3.78. The molecule has 0 aromatic carbocycles. The highest BCUT2D eigenvalue weighted by atomic mass is 32.2. The second kappa shape index (κ2) is 9.19. The maximum Gasteiger partial charge on any atom is 0.0447 e. The van der Waals surface area contributed by atoms with Crippen molar-refractivity contribution in [1.82, 2.24) is 0 Å². The predicted octanol–water partition coefficient (Wildman–Crippen LogP) is 7.70. The fourth-order valence-electron chi connectivity index (χ4n) is 4.58. The number of unbranched alkanes of at least 4 members (excludes halogenated alkanes) is 6. The molecule has 2 heterocycles. The highest BCUT2D eigenvalue weighted by molar-refractivity contribution is 8.08. The van der Waals surface area contributed by atoms with Crippen LogP contribution < -0.4 is 0 Å². The monoisotopic (exact) mass is 380 g/mol. The molecule has 0 bridgehead atoms. The Morgan fingerprint density at radius 3 is 2.54 bits per heavy atom. The quantitative estimate of drug-likeness (QED) is 0.303. The molecule has 0 saturated heterocycles. The SMILES string of the molecule is CCCCCCC1(CCCCCCS)C2=C(SCC2)c2sccc21. The zero-order chi connectivity index (χ0) is 16.8. The minimum atomic E-state index is 0.406. The standard InChI is InChI=1S/C21H32S3/c1-2-3-4-7-12-21(13-8-5-6-9-14-22)17-10-15-23-19(17)20-18(21)11-16-24-20/h10,15,22H,2-9,11-14,16H2,1H3. The van der Waals surface area contributed by atoms with Crippen molar-refractivity contribution in [3.8, 4) is 0 Å². The Labute approximate surface area is 162 Å². The summed E-state index contributed by atoms with van der Waals surface area (Å²) in [5.41, 5.74) is 3.94. The summed E-state index contributed by atoms with van der Waals surface area (Å²) in [6.07, 6.45) is 15.1. The topological polar surface area (TPSA) is 0 Å². The van der Waals surface area contributed by atoms with Crippen molar-refractivity contribution >= 4 is 40.6 Å². The van der Waals surface area contributed by atoms with Gasteiger partial charge >= 0.3 is 0 Å². The summed E-state index contributed by atoms with van der Waals surface area (Å²) in [6, 6.07) is 2.46. The molecule has 2 aliphatic rings. The van der Waals surface area contributed by atoms with Gasteiger partial charge in [0.1, 0.15) is 0 Å². The molecule has 1 aliphatic heterocycles. The van der Waals surface area contributed by atoms with Gasteiger partial charge in [0.05, 0.1) is 0 Å². The van der Waals surface area contributed by atoms with Gasteiger partial charge < -0.3 is 0 Å². The highest BCUT2D eigenvalue weighted by Gasteiger charge is 2.46. The number of thiol groups is 1. The smallest absolute Gasteiger partial charge is 0.0447 e. The van der Waals surface area contributed by atoms with Crippen molar-refractivity contribution in [2.75, 3.05) is 11.5 Å². The number of hydrogen-bond acceptors (Lipinski definition) is 3. The van der Waals surface area contributed by atoms with E-state index in [1.165, 1.54) is 76.4 Å². The van der Waals surface area contributed by atoms with E-state index in [4.69, 9.17) is 0 Å². The first kappa shape index (κ1) is 18.9. The zero-order valence-corrected chi connectivity index (χ0v) is 17.6. The largest absolute Gasteiger partial charge is 0.179 e. The molecule has 0 saturated carbocycles. The molecular formula is C21H32S3. The van der Waals surface area contributed by atoms with Gasteiger partial charge in [0.15, 0.2) is 0 Å². The fourth-order valence-corrected chi connectivity index (χ4v) is 7.31. The van der Waals surface area contributed by atoms with Crippen LogP contribution in [-0.2, 0) is 5.41 Å². The van der Waals surface area contributed by atoms with Gasteiger partial charge in [-0.15, -0.1) is 23.1 Å². The van der Waals surface area contributed by atoms with Gasteiger partial charge in [-0.05, 0) is 54.0 Å². The number of rotatable bonds is 11. The molecule has 24 heavy (non-hydrogen) atoms. The first-order chi connectivity index (χ1) is 11.8. The maximum absolute atomic E-state index is 4.36. The van der Waals surface area contributed by atoms with Crippen molar-refractivity contribution in [3.63, 3.8) is 0 Å². The molecule has 3 rings (SSSR count). The van der Waals surface area contributed by atoms with Crippen LogP contribution in [-0.4, -0.2) is 11.5 Å². The molecule has 1 unspecified atom stereocenters. The van der Waals surface area contributed by atoms with Gasteiger partial charge in [0.25, 0.3) is 0 Å². The van der Waals surface area contributed by atoms with Crippen LogP contribution in [0.25, 0.3) is 4.91 Å². The molecule has 0 N–H and O–H groups in total. The van der Waals surface area contributed by atoms with Crippen LogP contribution in [0.2, 0.25) is 0 Å². The van der Waals surface area contributed by atoms with Crippen LogP contribution in [0, 0.1) is 0 Å². The fraction of sp³-hybridized carbons (Fsp3) is 0.714. The first-order valence-electron chi connectivity index (χ1n) is 9.89. The molecule has 0 radical (unpaired) electrons. The van der Waals surface area contributed by atoms with Gasteiger partial charge in [0, 0.05) is 21.0 Å². The summed E-state index contributed by atoms with van der Waals surface area (Å²) in [5.74, 6) is 2.36. The minimum absolute atomic E-state index is 0.406. The van der Waals surface area contributed by atoms with Crippen LogP contribution in [0.5, 0.6) is 0 Å². The normalized spacial score (nSPS) is 22.2. The van der Waals surface area contributed by atoms with E-state index in [1.807, 2.05) is 16.9 Å². The van der Waals surface area contributed by atoms with E-state index < -0.39 is 0 Å². The molecule has 0 fully saturated rings. The predicted molar refractivity (Wildman–Crippen MR) is 116 cm³/mol. The number of fused-ring (bicyclic) bond motifs is 2. The van der Waals surface area contributed by atoms with Crippen molar-refractivity contribution in [2.45, 2.75) is 83.0 Å². The second-order valence-electron chi connectivity index (χ2n) is 7.35. The molecule has 134 valence electrons. The third-order valence-corrected chi connectivity index (χ3v) is 8.33. The Morgan fingerprint density at radius 1 is 1.04 bits per heavy atom. The lowest BCUT2D eigenvalue weighted by Crippen LogP contribution is -2.26. The van der Waals surface area contributed by atoms with Crippen molar-refractivity contribution < 1.29 is 0 Å². The Kier molecular flexibility index (Phi) is 7.24. The lowest BCUT2D eigenvalue weighted by Gasteiger charge is -2.33. The summed E-state index contributed by atoms with van der Waals surface area (Å²) < 4.78 is 0. The molecule has 1 aliphatic carbocycles. The number of hydrogen-bond donors (Lipinski definition) is 1. The third-order valence-electron chi connectivity index (χ3n) is 5.81. The number of thioether (sulfide) groups is 1. The lowest BCUT2D eigenvalue weighted by atomic mass is 9.70. The molecule has 0 spiro atoms. The molecule has 1 aromatic rings. The second-order valence-corrected chi connectivity index (χ2v) is 9.82. The van der Waals surface area contributed by atoms with Crippen LogP contribution in [0.1, 0.15) is 88.0 Å². The Hall–Kier alpha value is 0.140. The van der Waals surface area contributed by atoms with E-state index in [0.717, 1.165) is 5.75 Å². The Balaban J connectivity index is 1.75. The summed E-state index contributed by atoms with van der Waals surface area (Å²) in [7, 11) is 0. The first-order valence-corrected chi connectivity index (χ1v) is 12.4. The summed E-state index contributed by atoms with van der Waals surface area (Å²) >= 11 is 8.49. The summed E-state index contributed by atoms with van der Waals surface area (Å²) in [6.45, 7) is 2.32. The van der Waals surface area contributed by atoms with Crippen LogP contribution >= 0.6 is 35.7 Å². The average molecular weight is 381 g/mol. The van der Waals surface area contributed by atoms with E-state index in [1.54, 1.807) is 15.3 Å². The minimum Gasteiger partial charge on any atom is -0.179 e. The number of allylic oxidation sites excluding steroid dienone is 1. The van der Waals surface area contributed by atoms with E-state index in [0.29, 0.717) is 5.41 Å². The molecule has 0 amide bonds. The van der Waals surface area contributed by atoms with Gasteiger partial charge in [0.2, 0.25) is 0 Å². The van der Waals surface area contributed by atoms with E-state index >= 15 is 0 Å². The average Bonchev–Trinajstić information content (AvgIpc) is 3.28. The molecule has 3 heteroatoms. The van der Waals surface area contributed by atoms with Gasteiger partial charge in [-0.25, -0.2) is 0 Å². The van der Waals surface area contributed by atoms with Gasteiger partial charge in [-0.2, -0.15) is 12.6 Å². The maximum atomic E-state index is 4.36. The van der Waals surface area contributed by atoms with Crippen LogP contribution in [0.15, 0.2) is 17.0 Å². The van der Waals surface area contributed by atoms with Crippen LogP contribution in [0.3, 0.4) is 0 Å². The van der Waals surface area contributed by atoms with E-state index in [9.17, 15) is 0 Å². The Bertz CT molecular complexity index is 557. The molecular weight excluding hydrogens is 348 g/mol. The van der Waals surface area contributed by atoms with Gasteiger partial charge in [-0.1, -0.05) is 51.9 Å². The lowest BCUT2D eigenvalue weighted by molar-refractivity contribution is 0.387. The Morgan fingerprint density at radius 2 is 1.79 bits per heavy atom. The van der Waals surface area contributed by atoms with Crippen molar-refractivity contribution in [1.29, 1.82) is 0 Å². The van der Waals surface area contributed by atoms with Crippen molar-refractivity contribution in [3.05, 3.63) is 27.5 Å². The molecule has 1 atom stereocenters. The highest BCUT2D eigenvalue weighted by Crippen LogP contribution is 2.61. The molecule has 0 nitrogen and oxygen atoms in total. The van der Waals surface area contributed by atoms with E-state index in [2.05, 4.69) is 42.8 Å². The summed E-state index contributed by atoms with van der Waals surface area (Å²) in [5, 5.41) is 2.34. The molecule has 1 aromatic heterocycles. The van der Waals surface area contributed by atoms with E-state index in [-0.39, 0.29) is 0 Å². The van der Waals surface area contributed by atoms with Gasteiger partial charge in [-0.3, -0.25) is 0 Å². The van der Waals surface area contributed by atoms with Crippen molar-refractivity contribution in [2.24, 2.45) is 0 Å². The zero-order valence-electron chi connectivity index (χ0n) is 15.1.